The van der Waals surface area contributed by atoms with Gasteiger partial charge in [-0.25, -0.2) is 0 Å². The number of carbonyl (C=O) groups excluding carboxylic acids is 4. The van der Waals surface area contributed by atoms with Crippen molar-refractivity contribution < 1.29 is 37.8 Å². The highest BCUT2D eigenvalue weighted by molar-refractivity contribution is 9.11. The van der Waals surface area contributed by atoms with Crippen LogP contribution in [0, 0.1) is 37.5 Å². The van der Waals surface area contributed by atoms with Crippen molar-refractivity contribution >= 4 is 194 Å². The molecule has 6 aliphatic rings. The van der Waals surface area contributed by atoms with Gasteiger partial charge in [0.1, 0.15) is 0 Å². The van der Waals surface area contributed by atoms with Crippen molar-refractivity contribution in [3.8, 4) is 49.5 Å². The molecule has 8 aromatic heterocycles. The molecule has 0 N–H and O–H groups in total. The number of rotatable bonds is 51. The van der Waals surface area contributed by atoms with Gasteiger partial charge in [0.2, 0.25) is 0 Å². The maximum atomic E-state index is 15.2. The van der Waals surface area contributed by atoms with Crippen molar-refractivity contribution in [2.75, 3.05) is 26.2 Å². The molecule has 0 saturated carbocycles. The zero-order chi connectivity index (χ0) is 105. The molecule has 14 heterocycles. The van der Waals surface area contributed by atoms with E-state index in [0.29, 0.717) is 72.1 Å². The molecule has 16 rings (SSSR count). The van der Waals surface area contributed by atoms with Gasteiger partial charge in [0.15, 0.2) is 0 Å². The lowest BCUT2D eigenvalue weighted by Crippen LogP contribution is -2.41. The van der Waals surface area contributed by atoms with E-state index in [2.05, 4.69) is 281 Å². The Bertz CT molecular complexity index is 5980. The number of fused-ring (bicyclic) bond motifs is 2. The van der Waals surface area contributed by atoms with Crippen LogP contribution in [0.4, 0.5) is 0 Å². The third-order valence-electron chi connectivity index (χ3n) is 30.6. The standard InChI is InChI=1S/C56H72N2O2S4.C48H62Br2N2O2S4.C18H28B2O4/c1-9-13-15-17-19-23-42-33-48(61-40(42)8)44-29-31-46(62-44)52-50-51(56(60)57(52)35-38(6)21-11-3)53(58(55(50)59)36-39(7)22-12-4)47-32-30-45(63-47)49-34-43(24-20-18-16-14-10-2)54(64-49)41-27-25-37(5)26-28-41;1-7-11-13-15-17-21-33-27-39(57-45(33)49)35-23-25-37(55-35)43-41-42(48(54)51(43)29-31(5)19-9-3)44(52(47(41)53)30-32(6)20-10-4)38-26-24-36(56-38)40-28-34(46(50)58-40)22-18-16-14-12-8-2;1-15(2)16(3,4)22-19(21-15)13-9-11-14(12-10-13)20-23-17(5,6)18(7,8)24-20/h25-34,38-39H,9-24,35-36H2,1-8H3;23-28,31-32H,7-22,29-30H2,1-6H3;9-12H,1-8H3. The third-order valence-corrected chi connectivity index (χ3v) is 42.0. The van der Waals surface area contributed by atoms with E-state index in [0.717, 1.165) is 130 Å². The maximum Gasteiger partial charge on any atom is 0.494 e. The first-order valence-corrected chi connectivity index (χ1v) is 63.5. The minimum atomic E-state index is -0.345. The molecule has 4 atom stereocenters. The molecule has 0 radical (unpaired) electrons. The fourth-order valence-corrected chi connectivity index (χ4v) is 31.3. The molecule has 0 aliphatic carbocycles. The molecule has 24 heteroatoms. The number of unbranched alkanes of at least 4 members (excludes halogenated alkanes) is 16. The fourth-order valence-electron chi connectivity index (χ4n) is 20.9. The average molecular weight is 2250 g/mol. The van der Waals surface area contributed by atoms with E-state index in [9.17, 15) is 0 Å². The van der Waals surface area contributed by atoms with Crippen LogP contribution in [-0.2, 0) is 63.5 Å². The molecule has 2 saturated heterocycles. The normalized spacial score (nSPS) is 17.2. The highest BCUT2D eigenvalue weighted by Crippen LogP contribution is 2.56. The highest BCUT2D eigenvalue weighted by Gasteiger charge is 2.56. The zero-order valence-corrected chi connectivity index (χ0v) is 101. The number of nitrogens with zero attached hydrogens (tertiary/aromatic N) is 4. The molecule has 2 fully saturated rings. The van der Waals surface area contributed by atoms with Crippen LogP contribution in [0.5, 0.6) is 0 Å². The van der Waals surface area contributed by atoms with Gasteiger partial charge in [0.25, 0.3) is 23.6 Å². The van der Waals surface area contributed by atoms with Crippen LogP contribution in [-0.4, -0.2) is 106 Å². The Balaban J connectivity index is 0.000000189. The topological polar surface area (TPSA) is 118 Å². The summed E-state index contributed by atoms with van der Waals surface area (Å²) in [5.74, 6) is 1.12. The number of benzene rings is 2. The number of hydrogen-bond donors (Lipinski definition) is 0. The summed E-state index contributed by atoms with van der Waals surface area (Å²) in [6.07, 6.45) is 38.1. The van der Waals surface area contributed by atoms with Gasteiger partial charge in [-0.15, -0.1) is 90.7 Å². The Morgan fingerprint density at radius 3 is 0.836 bits per heavy atom. The summed E-state index contributed by atoms with van der Waals surface area (Å²) in [5, 5.41) is 0. The number of halogens is 2. The summed E-state index contributed by atoms with van der Waals surface area (Å²) in [5.41, 5.74) is 14.5. The van der Waals surface area contributed by atoms with Gasteiger partial charge in [0, 0.05) is 75.0 Å². The lowest BCUT2D eigenvalue weighted by atomic mass is 9.74. The lowest BCUT2D eigenvalue weighted by Gasteiger charge is -2.32. The van der Waals surface area contributed by atoms with E-state index >= 15 is 19.2 Å². The van der Waals surface area contributed by atoms with Gasteiger partial charge in [-0.3, -0.25) is 19.2 Å². The monoisotopic (exact) mass is 2250 g/mol. The van der Waals surface area contributed by atoms with Crippen molar-refractivity contribution in [2.24, 2.45) is 23.7 Å². The van der Waals surface area contributed by atoms with E-state index < -0.39 is 0 Å². The van der Waals surface area contributed by atoms with Crippen LogP contribution in [0.15, 0.2) is 151 Å². The average Bonchev–Trinajstić information content (AvgIpc) is 1.55. The first-order chi connectivity index (χ1) is 70.0. The number of hydrogen-bond acceptors (Lipinski definition) is 16. The van der Waals surface area contributed by atoms with Gasteiger partial charge in [-0.2, -0.15) is 0 Å². The summed E-state index contributed by atoms with van der Waals surface area (Å²) >= 11 is 22.0. The zero-order valence-electron chi connectivity index (χ0n) is 91.5. The predicted molar refractivity (Wildman–Crippen MR) is 639 cm³/mol. The molecule has 10 aromatic rings. The second-order valence-electron chi connectivity index (χ2n) is 44.1. The Morgan fingerprint density at radius 1 is 0.288 bits per heavy atom. The minimum Gasteiger partial charge on any atom is -0.399 e. The summed E-state index contributed by atoms with van der Waals surface area (Å²) < 4.78 is 26.8. The SMILES string of the molecule is CC1(C)OB(c2ccc(B3OC(C)(C)C(C)(C)O3)cc2)OC1(C)C.CCCCCCCc1cc(-c2ccc(C3=C4C(=O)N(CC(C)CCC)C(c5ccc(-c6cc(CCCCCCC)c(-c7ccc(C)cc7)s6)s5)=C4C(=O)N3CC(C)CCC)s2)sc1C.CCCCCCCc1cc(-c2ccc(C3=C4C(=O)N(CC(C)CCC)C(c5ccc(-c6cc(CCCCCCC)c(Br)s6)s5)=C4C(=O)N3CC(C)CCC)s2)sc1Br. The summed E-state index contributed by atoms with van der Waals surface area (Å²) in [6, 6.07) is 44.2. The fraction of sp³-hybridized carbons (Fsp3) is 0.541. The first-order valence-electron chi connectivity index (χ1n) is 55.3. The Hall–Kier alpha value is -6.19. The van der Waals surface area contributed by atoms with Crippen LogP contribution in [0.1, 0.15) is 370 Å². The maximum absolute atomic E-state index is 15.2. The first kappa shape index (κ1) is 115. The minimum absolute atomic E-state index is 0.0210. The number of thiophene rings is 8. The Kier molecular flexibility index (Phi) is 41.6. The quantitative estimate of drug-likeness (QED) is 0.0273. The van der Waals surface area contributed by atoms with Crippen LogP contribution in [0.3, 0.4) is 0 Å². The van der Waals surface area contributed by atoms with E-state index in [1.54, 1.807) is 68.0 Å². The smallest absolute Gasteiger partial charge is 0.399 e. The molecule has 0 spiro atoms. The van der Waals surface area contributed by atoms with E-state index in [4.69, 9.17) is 18.6 Å². The van der Waals surface area contributed by atoms with Crippen LogP contribution in [0.2, 0.25) is 0 Å². The van der Waals surface area contributed by atoms with Gasteiger partial charge in [0.05, 0.1) is 94.6 Å². The molecule has 146 heavy (non-hydrogen) atoms. The van der Waals surface area contributed by atoms with Crippen LogP contribution in [0.25, 0.3) is 72.2 Å². The van der Waals surface area contributed by atoms with Gasteiger partial charge in [-0.1, -0.05) is 266 Å². The molecule has 786 valence electrons. The molecule has 2 aromatic carbocycles. The van der Waals surface area contributed by atoms with Crippen molar-refractivity contribution in [1.82, 2.24) is 19.6 Å². The van der Waals surface area contributed by atoms with E-state index in [1.165, 1.54) is 218 Å². The number of amides is 4. The highest BCUT2D eigenvalue weighted by atomic mass is 79.9. The van der Waals surface area contributed by atoms with Crippen LogP contribution < -0.4 is 10.9 Å². The van der Waals surface area contributed by atoms with Gasteiger partial charge < -0.3 is 38.2 Å². The van der Waals surface area contributed by atoms with Crippen molar-refractivity contribution in [2.45, 2.75) is 380 Å². The second-order valence-corrected chi connectivity index (χ2v) is 55.5. The second kappa shape index (κ2) is 52.6. The number of aryl methyl sites for hydroxylation is 6. The van der Waals surface area contributed by atoms with Crippen molar-refractivity contribution in [3.63, 3.8) is 0 Å². The molecule has 12 nitrogen and oxygen atoms in total. The van der Waals surface area contributed by atoms with Gasteiger partial charge in [-0.05, 0) is 313 Å². The summed E-state index contributed by atoms with van der Waals surface area (Å²) in [6.45, 7) is 50.2. The Morgan fingerprint density at radius 2 is 0.541 bits per heavy atom. The molecular weight excluding hydrogens is 2090 g/mol. The molecule has 6 aliphatic heterocycles. The largest absolute Gasteiger partial charge is 0.494 e. The summed E-state index contributed by atoms with van der Waals surface area (Å²) in [7, 11) is -0.690. The van der Waals surface area contributed by atoms with Gasteiger partial charge >= 0.3 is 14.2 Å². The molecular formula is C122H162B2Br2N4O8S8. The molecule has 4 amide bonds. The third kappa shape index (κ3) is 27.2. The molecule has 0 bridgehead atoms. The number of carbonyl (C=O) groups is 4. The van der Waals surface area contributed by atoms with Crippen LogP contribution >= 0.6 is 123 Å². The van der Waals surface area contributed by atoms with Crippen molar-refractivity contribution in [1.29, 1.82) is 0 Å². The van der Waals surface area contributed by atoms with Crippen molar-refractivity contribution in [3.05, 3.63) is 203 Å². The lowest BCUT2D eigenvalue weighted by molar-refractivity contribution is -0.124. The Labute approximate surface area is 925 Å². The van der Waals surface area contributed by atoms with E-state index in [1.807, 2.05) is 66.5 Å². The van der Waals surface area contributed by atoms with E-state index in [-0.39, 0.29) is 60.3 Å². The predicted octanol–water partition coefficient (Wildman–Crippen LogP) is 36.0. The summed E-state index contributed by atoms with van der Waals surface area (Å²) in [4.78, 5) is 85.0. The molecule has 4 unspecified atom stereocenters.